The van der Waals surface area contributed by atoms with E-state index in [4.69, 9.17) is 0 Å². The number of amides is 1. The Morgan fingerprint density at radius 3 is 2.58 bits per heavy atom. The van der Waals surface area contributed by atoms with Gasteiger partial charge in [-0.3, -0.25) is 10.1 Å². The maximum atomic E-state index is 13.3. The Morgan fingerprint density at radius 2 is 1.92 bits per heavy atom. The van der Waals surface area contributed by atoms with E-state index in [0.717, 1.165) is 15.6 Å². The van der Waals surface area contributed by atoms with Crippen molar-refractivity contribution in [1.82, 2.24) is 10.2 Å². The lowest BCUT2D eigenvalue weighted by atomic mass is 10.1. The topological polar surface area (TPSA) is 32.3 Å². The van der Waals surface area contributed by atoms with Gasteiger partial charge in [-0.15, -0.1) is 0 Å². The van der Waals surface area contributed by atoms with E-state index < -0.39 is 0 Å². The zero-order valence-electron chi connectivity index (χ0n) is 14.1. The molecule has 1 N–H and O–H groups in total. The number of nitrogens with zero attached hydrogens (tertiary/aromatic N) is 1. The Labute approximate surface area is 151 Å². The predicted molar refractivity (Wildman–Crippen MR) is 98.0 cm³/mol. The summed E-state index contributed by atoms with van der Waals surface area (Å²) in [5, 5.41) is 3.32. The van der Waals surface area contributed by atoms with Crippen molar-refractivity contribution in [2.45, 2.75) is 32.5 Å². The summed E-state index contributed by atoms with van der Waals surface area (Å²) in [6.45, 7) is 4.25. The van der Waals surface area contributed by atoms with Gasteiger partial charge in [0, 0.05) is 24.1 Å². The van der Waals surface area contributed by atoms with Gasteiger partial charge in [-0.2, -0.15) is 0 Å². The molecule has 5 heteroatoms. The van der Waals surface area contributed by atoms with E-state index in [0.29, 0.717) is 6.54 Å². The highest BCUT2D eigenvalue weighted by molar-refractivity contribution is 9.10. The van der Waals surface area contributed by atoms with Crippen LogP contribution in [0.4, 0.5) is 4.39 Å². The Bertz CT molecular complexity index is 707. The number of carbonyl (C=O) groups excluding carboxylic acids is 1. The van der Waals surface area contributed by atoms with Crippen LogP contribution in [-0.4, -0.2) is 23.9 Å². The van der Waals surface area contributed by atoms with E-state index in [1.165, 1.54) is 12.1 Å². The van der Waals surface area contributed by atoms with Crippen LogP contribution in [0.3, 0.4) is 0 Å². The number of likely N-dealkylation sites (N-methyl/N-ethyl adjacent to an activating group) is 1. The summed E-state index contributed by atoms with van der Waals surface area (Å²) in [6.07, 6.45) is 0. The zero-order chi connectivity index (χ0) is 17.7. The van der Waals surface area contributed by atoms with E-state index in [9.17, 15) is 9.18 Å². The normalized spacial score (nSPS) is 13.4. The molecule has 0 radical (unpaired) electrons. The lowest BCUT2D eigenvalue weighted by Crippen LogP contribution is -2.43. The van der Waals surface area contributed by atoms with Crippen LogP contribution in [0.25, 0.3) is 0 Å². The van der Waals surface area contributed by atoms with Gasteiger partial charge in [0.2, 0.25) is 5.91 Å². The second kappa shape index (κ2) is 8.40. The van der Waals surface area contributed by atoms with E-state index in [-0.39, 0.29) is 23.8 Å². The summed E-state index contributed by atoms with van der Waals surface area (Å²) in [6, 6.07) is 13.9. The quantitative estimate of drug-likeness (QED) is 0.795. The van der Waals surface area contributed by atoms with Crippen molar-refractivity contribution in [2.75, 3.05) is 7.05 Å². The predicted octanol–water partition coefficient (Wildman–Crippen LogP) is 4.29. The van der Waals surface area contributed by atoms with E-state index in [1.807, 2.05) is 44.2 Å². The fourth-order valence-electron chi connectivity index (χ4n) is 2.68. The Balaban J connectivity index is 1.97. The monoisotopic (exact) mass is 392 g/mol. The van der Waals surface area contributed by atoms with E-state index in [2.05, 4.69) is 21.2 Å². The molecule has 0 spiro atoms. The Morgan fingerprint density at radius 1 is 1.21 bits per heavy atom. The van der Waals surface area contributed by atoms with Gasteiger partial charge in [-0.05, 0) is 43.2 Å². The summed E-state index contributed by atoms with van der Waals surface area (Å²) >= 11 is 3.53. The minimum Gasteiger partial charge on any atom is -0.340 e. The molecule has 0 aliphatic carbocycles. The van der Waals surface area contributed by atoms with Gasteiger partial charge in [0.15, 0.2) is 0 Å². The maximum absolute atomic E-state index is 13.3. The average molecular weight is 393 g/mol. The number of rotatable bonds is 6. The molecule has 0 saturated heterocycles. The molecule has 1 amide bonds. The molecule has 2 unspecified atom stereocenters. The molecular weight excluding hydrogens is 371 g/mol. The number of benzene rings is 2. The summed E-state index contributed by atoms with van der Waals surface area (Å²) in [7, 11) is 1.73. The van der Waals surface area contributed by atoms with Crippen molar-refractivity contribution in [3.05, 3.63) is 69.9 Å². The molecule has 24 heavy (non-hydrogen) atoms. The smallest absolute Gasteiger partial charge is 0.239 e. The number of carbonyl (C=O) groups is 1. The highest BCUT2D eigenvalue weighted by Gasteiger charge is 2.20. The van der Waals surface area contributed by atoms with Crippen LogP contribution < -0.4 is 5.32 Å². The van der Waals surface area contributed by atoms with Gasteiger partial charge < -0.3 is 4.90 Å². The van der Waals surface area contributed by atoms with Crippen LogP contribution in [0.2, 0.25) is 0 Å². The van der Waals surface area contributed by atoms with Gasteiger partial charge in [0.1, 0.15) is 5.82 Å². The number of hydrogen-bond acceptors (Lipinski definition) is 2. The van der Waals surface area contributed by atoms with Crippen LogP contribution in [0.5, 0.6) is 0 Å². The first-order chi connectivity index (χ1) is 11.4. The highest BCUT2D eigenvalue weighted by atomic mass is 79.9. The molecule has 0 aromatic heterocycles. The summed E-state index contributed by atoms with van der Waals surface area (Å²) in [5.74, 6) is -0.319. The van der Waals surface area contributed by atoms with Crippen LogP contribution in [-0.2, 0) is 11.3 Å². The lowest BCUT2D eigenvalue weighted by molar-refractivity contribution is -0.132. The van der Waals surface area contributed by atoms with Crippen molar-refractivity contribution in [2.24, 2.45) is 0 Å². The van der Waals surface area contributed by atoms with Crippen LogP contribution in [0.15, 0.2) is 53.0 Å². The minimum atomic E-state index is -0.342. The second-order valence-corrected chi connectivity index (χ2v) is 6.81. The molecule has 0 aliphatic rings. The number of halogens is 2. The van der Waals surface area contributed by atoms with Crippen LogP contribution >= 0.6 is 15.9 Å². The van der Waals surface area contributed by atoms with Crippen molar-refractivity contribution < 1.29 is 9.18 Å². The first-order valence-electron chi connectivity index (χ1n) is 7.88. The summed E-state index contributed by atoms with van der Waals surface area (Å²) in [5.41, 5.74) is 1.88. The molecule has 2 aromatic rings. The Kier molecular flexibility index (Phi) is 6.52. The summed E-state index contributed by atoms with van der Waals surface area (Å²) in [4.78, 5) is 14.2. The maximum Gasteiger partial charge on any atom is 0.239 e. The molecule has 2 rings (SSSR count). The first kappa shape index (κ1) is 18.6. The van der Waals surface area contributed by atoms with E-state index in [1.54, 1.807) is 18.0 Å². The van der Waals surface area contributed by atoms with Gasteiger partial charge >= 0.3 is 0 Å². The molecular formula is C19H22BrFN2O. The van der Waals surface area contributed by atoms with Gasteiger partial charge in [-0.1, -0.05) is 46.3 Å². The second-order valence-electron chi connectivity index (χ2n) is 5.96. The van der Waals surface area contributed by atoms with Gasteiger partial charge in [-0.25, -0.2) is 4.39 Å². The molecule has 0 aliphatic heterocycles. The average Bonchev–Trinajstić information content (AvgIpc) is 2.54. The first-order valence-corrected chi connectivity index (χ1v) is 8.67. The third-order valence-corrected chi connectivity index (χ3v) is 4.65. The van der Waals surface area contributed by atoms with Gasteiger partial charge in [0.05, 0.1) is 6.04 Å². The highest BCUT2D eigenvalue weighted by Crippen LogP contribution is 2.23. The fourth-order valence-corrected chi connectivity index (χ4v) is 3.31. The van der Waals surface area contributed by atoms with Crippen molar-refractivity contribution in [3.8, 4) is 0 Å². The molecule has 0 saturated carbocycles. The van der Waals surface area contributed by atoms with Crippen molar-refractivity contribution in [1.29, 1.82) is 0 Å². The van der Waals surface area contributed by atoms with Crippen molar-refractivity contribution >= 4 is 21.8 Å². The third kappa shape index (κ3) is 4.89. The third-order valence-electron chi connectivity index (χ3n) is 3.93. The standard InChI is InChI=1S/C19H22BrFN2O/c1-13(17-9-4-5-10-18(17)20)22-14(2)19(24)23(3)12-15-7-6-8-16(21)11-15/h4-11,13-14,22H,12H2,1-3H3. The molecule has 0 bridgehead atoms. The summed E-state index contributed by atoms with van der Waals surface area (Å²) < 4.78 is 14.3. The van der Waals surface area contributed by atoms with E-state index >= 15 is 0 Å². The number of hydrogen-bond donors (Lipinski definition) is 1. The molecule has 0 fully saturated rings. The number of nitrogens with one attached hydrogen (secondary N) is 1. The fraction of sp³-hybridized carbons (Fsp3) is 0.316. The lowest BCUT2D eigenvalue weighted by Gasteiger charge is -2.25. The molecule has 2 atom stereocenters. The largest absolute Gasteiger partial charge is 0.340 e. The molecule has 128 valence electrons. The zero-order valence-corrected chi connectivity index (χ0v) is 15.7. The SMILES string of the molecule is CC(NC(C)c1ccccc1Br)C(=O)N(C)Cc1cccc(F)c1. The molecule has 2 aromatic carbocycles. The van der Waals surface area contributed by atoms with Crippen LogP contribution in [0.1, 0.15) is 31.0 Å². The van der Waals surface area contributed by atoms with Crippen molar-refractivity contribution in [3.63, 3.8) is 0 Å². The molecule has 0 heterocycles. The Hall–Kier alpha value is -1.72. The van der Waals surface area contributed by atoms with Gasteiger partial charge in [0.25, 0.3) is 0 Å². The molecule has 3 nitrogen and oxygen atoms in total. The van der Waals surface area contributed by atoms with Crippen LogP contribution in [0, 0.1) is 5.82 Å². The minimum absolute atomic E-state index is 0.0295.